The van der Waals surface area contributed by atoms with E-state index in [4.69, 9.17) is 4.74 Å². The number of ether oxygens (including phenoxy) is 1. The first kappa shape index (κ1) is 28.4. The van der Waals surface area contributed by atoms with E-state index in [-0.39, 0.29) is 35.6 Å². The van der Waals surface area contributed by atoms with Crippen molar-refractivity contribution in [3.8, 4) is 0 Å². The Morgan fingerprint density at radius 1 is 1.14 bits per heavy atom. The molecule has 0 saturated carbocycles. The molecular weight excluding hydrogens is 503 g/mol. The van der Waals surface area contributed by atoms with Crippen LogP contribution in [0.15, 0.2) is 18.5 Å². The van der Waals surface area contributed by atoms with Gasteiger partial charge in [-0.15, -0.1) is 0 Å². The monoisotopic (exact) mass is 538 g/mol. The van der Waals surface area contributed by atoms with E-state index in [1.54, 1.807) is 10.9 Å². The fourth-order valence-electron chi connectivity index (χ4n) is 5.59. The van der Waals surface area contributed by atoms with Crippen molar-refractivity contribution >= 4 is 27.6 Å². The van der Waals surface area contributed by atoms with Crippen LogP contribution in [-0.2, 0) is 47.2 Å². The summed E-state index contributed by atoms with van der Waals surface area (Å²) in [5.74, 6) is 0. The maximum Gasteiger partial charge on any atom is 1.00 e. The minimum absolute atomic E-state index is 0. The predicted molar refractivity (Wildman–Crippen MR) is 139 cm³/mol. The Balaban J connectivity index is 0.00000320. The van der Waals surface area contributed by atoms with Gasteiger partial charge in [-0.2, -0.15) is 5.10 Å². The van der Waals surface area contributed by atoms with Crippen LogP contribution in [0.2, 0.25) is 0 Å². The number of carbonyl (C=O) groups excluding carboxylic acids is 1. The van der Waals surface area contributed by atoms with Crippen LogP contribution in [0.3, 0.4) is 0 Å². The van der Waals surface area contributed by atoms with Crippen LogP contribution >= 0.6 is 0 Å². The van der Waals surface area contributed by atoms with E-state index in [2.05, 4.69) is 21.2 Å². The van der Waals surface area contributed by atoms with Gasteiger partial charge in [0.15, 0.2) is 6.03 Å². The number of fused-ring (bicyclic) bond motifs is 2. The fraction of sp³-hybridized carbons (Fsp3) is 0.600. The first-order valence-corrected chi connectivity index (χ1v) is 14.2. The van der Waals surface area contributed by atoms with Gasteiger partial charge in [0.1, 0.15) is 0 Å². The Morgan fingerprint density at radius 2 is 1.78 bits per heavy atom. The summed E-state index contributed by atoms with van der Waals surface area (Å²) in [5, 5.41) is 7.24. The molecule has 2 aromatic rings. The fourth-order valence-corrected chi connectivity index (χ4v) is 6.88. The number of aryl methyl sites for hydroxylation is 2. The molecule has 1 aromatic carbocycles. The first-order chi connectivity index (χ1) is 17.3. The quantitative estimate of drug-likeness (QED) is 0.483. The number of nitrogens with zero attached hydrogens (tertiary/aromatic N) is 5. The summed E-state index contributed by atoms with van der Waals surface area (Å²) < 4.78 is 39.4. The van der Waals surface area contributed by atoms with Crippen LogP contribution in [0.5, 0.6) is 0 Å². The smallest absolute Gasteiger partial charge is 0.423 e. The van der Waals surface area contributed by atoms with E-state index in [1.807, 2.05) is 19.0 Å². The van der Waals surface area contributed by atoms with Gasteiger partial charge in [-0.25, -0.2) is 8.42 Å². The number of aromatic nitrogens is 2. The molecule has 1 aliphatic heterocycles. The molecule has 37 heavy (non-hydrogen) atoms. The summed E-state index contributed by atoms with van der Waals surface area (Å²) in [7, 11) is -0.373. The zero-order valence-corrected chi connectivity index (χ0v) is 24.9. The largest absolute Gasteiger partial charge is 1.00 e. The number of amides is 2. The molecule has 0 radical (unpaired) electrons. The van der Waals surface area contributed by atoms with Crippen LogP contribution in [0.1, 0.15) is 47.9 Å². The van der Waals surface area contributed by atoms with Crippen molar-refractivity contribution in [1.29, 1.82) is 0 Å². The summed E-state index contributed by atoms with van der Waals surface area (Å²) in [6.45, 7) is 2.31. The van der Waals surface area contributed by atoms with Gasteiger partial charge in [0, 0.05) is 32.0 Å². The summed E-state index contributed by atoms with van der Waals surface area (Å²) >= 11 is 0. The Bertz CT molecular complexity index is 1190. The van der Waals surface area contributed by atoms with Crippen molar-refractivity contribution in [2.45, 2.75) is 64.0 Å². The Labute approximate surface area is 241 Å². The average molecular weight is 539 g/mol. The third-order valence-electron chi connectivity index (χ3n) is 7.32. The van der Waals surface area contributed by atoms with Gasteiger partial charge in [0.25, 0.3) is 10.2 Å². The number of rotatable bonds is 8. The van der Waals surface area contributed by atoms with Crippen molar-refractivity contribution < 1.29 is 47.5 Å². The van der Waals surface area contributed by atoms with Crippen molar-refractivity contribution in [1.82, 2.24) is 14.7 Å². The van der Waals surface area contributed by atoms with E-state index >= 15 is 0 Å². The van der Waals surface area contributed by atoms with E-state index < -0.39 is 16.2 Å². The van der Waals surface area contributed by atoms with Crippen molar-refractivity contribution in [2.75, 3.05) is 43.5 Å². The van der Waals surface area contributed by atoms with Gasteiger partial charge >= 0.3 is 29.6 Å². The van der Waals surface area contributed by atoms with Crippen molar-refractivity contribution in [2.24, 2.45) is 0 Å². The number of urea groups is 1. The molecule has 2 heterocycles. The molecule has 0 unspecified atom stereocenters. The standard InChI is InChI=1S/C25H36N6O4S.Na/c1-29(2)11-12-30-17-21(16-26-30)31(20-9-13-35-14-10-20)36(33,34)28-25(32)27-24-22-7-3-5-18(22)15-19-6-4-8-23(19)24;/h15-17,20H,3-14H2,1-2H3,(H2,27,28,32);/q;+1/p-1. The van der Waals surface area contributed by atoms with Crippen LogP contribution in [0.25, 0.3) is 4.72 Å². The maximum atomic E-state index is 13.6. The Kier molecular flexibility index (Phi) is 9.24. The second kappa shape index (κ2) is 12.0. The number of hydrogen-bond acceptors (Lipinski definition) is 6. The molecule has 2 amide bonds. The summed E-state index contributed by atoms with van der Waals surface area (Å²) in [4.78, 5) is 15.1. The average Bonchev–Trinajstić information content (AvgIpc) is 3.59. The molecule has 5 rings (SSSR count). The van der Waals surface area contributed by atoms with Crippen LogP contribution in [-0.4, -0.2) is 69.0 Å². The van der Waals surface area contributed by atoms with Crippen LogP contribution < -0.4 is 39.2 Å². The van der Waals surface area contributed by atoms with Gasteiger partial charge in [-0.1, -0.05) is 6.07 Å². The van der Waals surface area contributed by atoms with Crippen LogP contribution in [0.4, 0.5) is 16.2 Å². The molecule has 10 nitrogen and oxygen atoms in total. The zero-order valence-electron chi connectivity index (χ0n) is 22.1. The predicted octanol–water partition coefficient (Wildman–Crippen LogP) is 0.262. The molecule has 1 fully saturated rings. The van der Waals surface area contributed by atoms with E-state index in [0.29, 0.717) is 38.3 Å². The molecular formula is C25H35N6NaO4S. The van der Waals surface area contributed by atoms with Gasteiger partial charge in [-0.3, -0.25) is 13.8 Å². The second-order valence-corrected chi connectivity index (χ2v) is 11.6. The second-order valence-electron chi connectivity index (χ2n) is 10.1. The van der Waals surface area contributed by atoms with E-state index in [9.17, 15) is 13.2 Å². The van der Waals surface area contributed by atoms with E-state index in [1.165, 1.54) is 21.6 Å². The van der Waals surface area contributed by atoms with Crippen LogP contribution in [0, 0.1) is 0 Å². The number of nitrogens with one attached hydrogen (secondary N) is 1. The molecule has 3 aliphatic rings. The van der Waals surface area contributed by atoms with Gasteiger partial charge in [0.2, 0.25) is 0 Å². The summed E-state index contributed by atoms with van der Waals surface area (Å²) in [5.41, 5.74) is 6.01. The molecule has 1 N–H and O–H groups in total. The van der Waals surface area contributed by atoms with Crippen molar-refractivity contribution in [3.63, 3.8) is 0 Å². The zero-order chi connectivity index (χ0) is 25.3. The molecule has 12 heteroatoms. The SMILES string of the molecule is CN(C)CCn1cc(N(C2CCOCC2)S(=O)(=O)[N-]C(=O)Nc2c3c(cc4c2CCC4)CCC3)cn1.[Na+]. The maximum absolute atomic E-state index is 13.6. The van der Waals surface area contributed by atoms with Gasteiger partial charge < -0.3 is 19.7 Å². The molecule has 196 valence electrons. The number of anilines is 2. The van der Waals surface area contributed by atoms with Gasteiger partial charge in [0.05, 0.1) is 18.4 Å². The molecule has 2 aliphatic carbocycles. The molecule has 1 aromatic heterocycles. The number of benzene rings is 1. The number of likely N-dealkylation sites (N-methyl/N-ethyl adjacent to an activating group) is 1. The Hall–Kier alpha value is -1.63. The molecule has 0 bridgehead atoms. The Morgan fingerprint density at radius 3 is 2.41 bits per heavy atom. The normalized spacial score (nSPS) is 17.3. The number of carbonyl (C=O) groups is 1. The molecule has 0 spiro atoms. The molecule has 0 atom stereocenters. The topological polar surface area (TPSA) is 111 Å². The minimum Gasteiger partial charge on any atom is -0.423 e. The third kappa shape index (κ3) is 6.34. The number of hydrogen-bond donors (Lipinski definition) is 1. The first-order valence-electron chi connectivity index (χ1n) is 12.8. The summed E-state index contributed by atoms with van der Waals surface area (Å²) in [6, 6.07) is 1.08. The van der Waals surface area contributed by atoms with Crippen molar-refractivity contribution in [3.05, 3.63) is 45.4 Å². The minimum atomic E-state index is -4.31. The molecule has 1 saturated heterocycles. The van der Waals surface area contributed by atoms with Gasteiger partial charge in [-0.05, 0) is 93.4 Å². The summed E-state index contributed by atoms with van der Waals surface area (Å²) in [6.07, 6.45) is 10.2. The third-order valence-corrected chi connectivity index (χ3v) is 8.73. The van der Waals surface area contributed by atoms with E-state index in [0.717, 1.165) is 61.9 Å².